The third-order valence-electron chi connectivity index (χ3n) is 4.38. The van der Waals surface area contributed by atoms with Crippen molar-refractivity contribution in [2.75, 3.05) is 26.4 Å². The van der Waals surface area contributed by atoms with Gasteiger partial charge < -0.3 is 25.2 Å². The Labute approximate surface area is 168 Å². The molecule has 28 heavy (non-hydrogen) atoms. The molecule has 8 heteroatoms. The fraction of sp³-hybridized carbons (Fsp3) is 0.450. The molecule has 2 aromatic rings. The maximum atomic E-state index is 13.9. The van der Waals surface area contributed by atoms with Crippen LogP contribution < -0.4 is 15.4 Å². The van der Waals surface area contributed by atoms with Gasteiger partial charge in [-0.15, -0.1) is 11.3 Å². The van der Waals surface area contributed by atoms with Gasteiger partial charge in [0, 0.05) is 23.5 Å². The lowest BCUT2D eigenvalue weighted by Gasteiger charge is -2.22. The standard InChI is InChI=1S/C20H26FN3O3S/c1-3-22-19(24-12-20(2,25)17-5-4-8-28-17)23-7-6-14-9-16(21)10-15-11-26-13-27-18(14)15/h4-5,8-10,25H,3,6-7,11-13H2,1-2H3,(H2,22,23,24). The van der Waals surface area contributed by atoms with E-state index < -0.39 is 5.60 Å². The van der Waals surface area contributed by atoms with Crippen LogP contribution >= 0.6 is 11.3 Å². The molecule has 0 amide bonds. The molecule has 1 aliphatic rings. The lowest BCUT2D eigenvalue weighted by molar-refractivity contribution is -0.0172. The Bertz CT molecular complexity index is 809. The Morgan fingerprint density at radius 2 is 2.25 bits per heavy atom. The summed E-state index contributed by atoms with van der Waals surface area (Å²) in [4.78, 5) is 5.38. The molecule has 0 spiro atoms. The van der Waals surface area contributed by atoms with E-state index in [4.69, 9.17) is 9.47 Å². The second kappa shape index (κ2) is 9.36. The predicted octanol–water partition coefficient (Wildman–Crippen LogP) is 2.76. The van der Waals surface area contributed by atoms with Gasteiger partial charge in [-0.05, 0) is 49.4 Å². The number of aliphatic hydroxyl groups is 1. The summed E-state index contributed by atoms with van der Waals surface area (Å²) in [7, 11) is 0. The molecule has 6 nitrogen and oxygen atoms in total. The molecule has 0 aliphatic carbocycles. The highest BCUT2D eigenvalue weighted by molar-refractivity contribution is 7.10. The van der Waals surface area contributed by atoms with E-state index in [9.17, 15) is 9.50 Å². The van der Waals surface area contributed by atoms with Crippen molar-refractivity contribution < 1.29 is 19.0 Å². The Morgan fingerprint density at radius 3 is 3.00 bits per heavy atom. The van der Waals surface area contributed by atoms with Crippen LogP contribution in [0.25, 0.3) is 0 Å². The molecule has 1 aromatic carbocycles. The Balaban J connectivity index is 1.62. The molecule has 2 heterocycles. The Morgan fingerprint density at radius 1 is 1.39 bits per heavy atom. The lowest BCUT2D eigenvalue weighted by Crippen LogP contribution is -2.39. The van der Waals surface area contributed by atoms with Crippen molar-refractivity contribution >= 4 is 17.3 Å². The minimum atomic E-state index is -1.02. The number of aliphatic imine (C=N–C) groups is 1. The second-order valence-corrected chi connectivity index (χ2v) is 7.73. The van der Waals surface area contributed by atoms with E-state index >= 15 is 0 Å². The van der Waals surface area contributed by atoms with Crippen molar-refractivity contribution in [3.63, 3.8) is 0 Å². The minimum Gasteiger partial charge on any atom is -0.467 e. The molecule has 1 atom stereocenters. The maximum Gasteiger partial charge on any atom is 0.191 e. The topological polar surface area (TPSA) is 75.1 Å². The fourth-order valence-corrected chi connectivity index (χ4v) is 3.77. The summed E-state index contributed by atoms with van der Waals surface area (Å²) in [6, 6.07) is 6.76. The zero-order chi connectivity index (χ0) is 20.0. The number of fused-ring (bicyclic) bond motifs is 1. The number of halogens is 1. The highest BCUT2D eigenvalue weighted by Crippen LogP contribution is 2.29. The first-order valence-electron chi connectivity index (χ1n) is 9.30. The van der Waals surface area contributed by atoms with Crippen molar-refractivity contribution in [2.24, 2.45) is 4.99 Å². The van der Waals surface area contributed by atoms with Crippen molar-refractivity contribution in [1.29, 1.82) is 0 Å². The van der Waals surface area contributed by atoms with Crippen LogP contribution in [-0.2, 0) is 23.4 Å². The van der Waals surface area contributed by atoms with Crippen LogP contribution in [0.15, 0.2) is 34.6 Å². The van der Waals surface area contributed by atoms with Gasteiger partial charge in [-0.3, -0.25) is 0 Å². The summed E-state index contributed by atoms with van der Waals surface area (Å²) in [5.41, 5.74) is 0.507. The van der Waals surface area contributed by atoms with Crippen LogP contribution in [0.3, 0.4) is 0 Å². The molecule has 1 aromatic heterocycles. The molecule has 0 radical (unpaired) electrons. The molecule has 0 saturated heterocycles. The van der Waals surface area contributed by atoms with Crippen LogP contribution in [0.5, 0.6) is 5.75 Å². The van der Waals surface area contributed by atoms with Gasteiger partial charge in [0.05, 0.1) is 13.2 Å². The molecule has 0 bridgehead atoms. The van der Waals surface area contributed by atoms with Gasteiger partial charge in [0.15, 0.2) is 12.8 Å². The lowest BCUT2D eigenvalue weighted by atomic mass is 10.1. The number of rotatable bonds is 7. The quantitative estimate of drug-likeness (QED) is 0.486. The molecule has 3 rings (SSSR count). The molecule has 152 valence electrons. The van der Waals surface area contributed by atoms with Crippen LogP contribution in [0.1, 0.15) is 29.9 Å². The van der Waals surface area contributed by atoms with Crippen LogP contribution in [0.4, 0.5) is 4.39 Å². The predicted molar refractivity (Wildman–Crippen MR) is 108 cm³/mol. The maximum absolute atomic E-state index is 13.9. The van der Waals surface area contributed by atoms with Crippen LogP contribution in [0.2, 0.25) is 0 Å². The summed E-state index contributed by atoms with van der Waals surface area (Å²) in [5.74, 6) is 1.02. The van der Waals surface area contributed by atoms with Crippen LogP contribution in [0, 0.1) is 5.82 Å². The second-order valence-electron chi connectivity index (χ2n) is 6.79. The van der Waals surface area contributed by atoms with Crippen molar-refractivity contribution in [2.45, 2.75) is 32.5 Å². The van der Waals surface area contributed by atoms with Crippen molar-refractivity contribution in [1.82, 2.24) is 10.6 Å². The largest absolute Gasteiger partial charge is 0.467 e. The monoisotopic (exact) mass is 407 g/mol. The summed E-state index contributed by atoms with van der Waals surface area (Å²) in [6.45, 7) is 5.75. The summed E-state index contributed by atoms with van der Waals surface area (Å²) in [5, 5.41) is 19.0. The molecular formula is C20H26FN3O3S. The normalized spacial score (nSPS) is 16.1. The van der Waals surface area contributed by atoms with Crippen molar-refractivity contribution in [3.8, 4) is 5.75 Å². The third-order valence-corrected chi connectivity index (χ3v) is 5.50. The molecule has 0 fully saturated rings. The van der Waals surface area contributed by atoms with Crippen molar-refractivity contribution in [3.05, 3.63) is 51.5 Å². The summed E-state index contributed by atoms with van der Waals surface area (Å²) in [6.07, 6.45) is 0.575. The number of benzene rings is 1. The van der Waals surface area contributed by atoms with E-state index in [0.29, 0.717) is 37.8 Å². The number of guanidine groups is 1. The van der Waals surface area contributed by atoms with E-state index in [2.05, 4.69) is 15.6 Å². The first kappa shape index (κ1) is 20.6. The fourth-order valence-electron chi connectivity index (χ4n) is 3.00. The zero-order valence-corrected chi connectivity index (χ0v) is 16.9. The van der Waals surface area contributed by atoms with Gasteiger partial charge in [0.1, 0.15) is 17.2 Å². The zero-order valence-electron chi connectivity index (χ0n) is 16.1. The molecule has 1 unspecified atom stereocenters. The first-order chi connectivity index (χ1) is 13.5. The number of hydrogen-bond donors (Lipinski definition) is 3. The minimum absolute atomic E-state index is 0.182. The third kappa shape index (κ3) is 5.21. The smallest absolute Gasteiger partial charge is 0.191 e. The molecule has 1 aliphatic heterocycles. The highest BCUT2D eigenvalue weighted by atomic mass is 32.1. The van der Waals surface area contributed by atoms with E-state index in [1.807, 2.05) is 24.4 Å². The SMILES string of the molecule is CCNC(=NCC(C)(O)c1cccs1)NCCc1cc(F)cc2c1OCOC2. The molecule has 0 saturated carbocycles. The number of nitrogens with one attached hydrogen (secondary N) is 2. The van der Waals surface area contributed by atoms with E-state index in [1.165, 1.54) is 23.5 Å². The van der Waals surface area contributed by atoms with E-state index in [0.717, 1.165) is 16.0 Å². The average Bonchev–Trinajstić information content (AvgIpc) is 3.22. The summed E-state index contributed by atoms with van der Waals surface area (Å²) >= 11 is 1.50. The van der Waals surface area contributed by atoms with Crippen LogP contribution in [-0.4, -0.2) is 37.5 Å². The Kier molecular flexibility index (Phi) is 6.88. The summed E-state index contributed by atoms with van der Waals surface area (Å²) < 4.78 is 24.6. The van der Waals surface area contributed by atoms with E-state index in [1.54, 1.807) is 6.92 Å². The van der Waals surface area contributed by atoms with Gasteiger partial charge in [0.2, 0.25) is 0 Å². The Hall–Kier alpha value is -2.16. The highest BCUT2D eigenvalue weighted by Gasteiger charge is 2.24. The van der Waals surface area contributed by atoms with E-state index in [-0.39, 0.29) is 19.2 Å². The van der Waals surface area contributed by atoms with Gasteiger partial charge in [-0.1, -0.05) is 6.07 Å². The number of nitrogens with zero attached hydrogens (tertiary/aromatic N) is 1. The number of ether oxygens (including phenoxy) is 2. The molecular weight excluding hydrogens is 381 g/mol. The van der Waals surface area contributed by atoms with Gasteiger partial charge in [-0.25, -0.2) is 9.38 Å². The van der Waals surface area contributed by atoms with Gasteiger partial charge in [-0.2, -0.15) is 0 Å². The first-order valence-corrected chi connectivity index (χ1v) is 10.2. The van der Waals surface area contributed by atoms with Gasteiger partial charge >= 0.3 is 0 Å². The van der Waals surface area contributed by atoms with Gasteiger partial charge in [0.25, 0.3) is 0 Å². The molecule has 3 N–H and O–H groups in total. The average molecular weight is 408 g/mol. The number of hydrogen-bond acceptors (Lipinski definition) is 5. The number of thiophene rings is 1.